The van der Waals surface area contributed by atoms with Crippen LogP contribution in [0.15, 0.2) is 39.4 Å². The minimum Gasteiger partial charge on any atom is -0.0849 e. The maximum Gasteiger partial charge on any atom is 0.350 e. The van der Waals surface area contributed by atoms with Crippen molar-refractivity contribution < 1.29 is 21.2 Å². The summed E-state index contributed by atoms with van der Waals surface area (Å²) in [7, 11) is 0. The Labute approximate surface area is 108 Å². The summed E-state index contributed by atoms with van der Waals surface area (Å²) in [4.78, 5) is 0. The molecule has 0 spiro atoms. The maximum atomic E-state index is 6.16. The molecule has 0 nitrogen and oxygen atoms in total. The smallest absolute Gasteiger partial charge is 0.0849 e. The summed E-state index contributed by atoms with van der Waals surface area (Å²) in [6.07, 6.45) is 2.22. The molecule has 0 amide bonds. The second-order valence-electron chi connectivity index (χ2n) is 3.89. The third-order valence-corrected chi connectivity index (χ3v) is 5.16. The van der Waals surface area contributed by atoms with Gasteiger partial charge in [-0.05, 0) is 30.9 Å². The number of halogens is 2. The summed E-state index contributed by atoms with van der Waals surface area (Å²) in [5, 5.41) is 1.04. The first-order valence-corrected chi connectivity index (χ1v) is 7.91. The first-order chi connectivity index (χ1) is 7.18. The molecular formula is C13H17ClI+. The summed E-state index contributed by atoms with van der Waals surface area (Å²) in [6.45, 7) is 4.47. The van der Waals surface area contributed by atoms with Crippen LogP contribution in [0.5, 0.6) is 0 Å². The zero-order valence-electron chi connectivity index (χ0n) is 9.21. The van der Waals surface area contributed by atoms with Crippen LogP contribution in [0.4, 0.5) is 0 Å². The minimum absolute atomic E-state index is 0.0398. The van der Waals surface area contributed by atoms with Crippen molar-refractivity contribution in [2.75, 3.05) is 0 Å². The minimum atomic E-state index is -0.0398. The van der Waals surface area contributed by atoms with Crippen molar-refractivity contribution in [2.45, 2.75) is 26.7 Å². The molecule has 0 heterocycles. The average Bonchev–Trinajstić information content (AvgIpc) is 2.25. The lowest BCUT2D eigenvalue weighted by molar-refractivity contribution is -0.557. The van der Waals surface area contributed by atoms with E-state index in [1.165, 1.54) is 9.99 Å². The van der Waals surface area contributed by atoms with Crippen molar-refractivity contribution in [3.05, 3.63) is 43.0 Å². The Morgan fingerprint density at radius 1 is 1.33 bits per heavy atom. The van der Waals surface area contributed by atoms with Gasteiger partial charge in [0.15, 0.2) is 7.65 Å². The van der Waals surface area contributed by atoms with E-state index >= 15 is 0 Å². The monoisotopic (exact) mass is 335 g/mol. The summed E-state index contributed by atoms with van der Waals surface area (Å²) < 4.78 is 3.66. The number of benzene rings is 1. The lowest BCUT2D eigenvalue weighted by atomic mass is 10.1. The van der Waals surface area contributed by atoms with Gasteiger partial charge in [0.1, 0.15) is 0 Å². The molecule has 0 saturated heterocycles. The Balaban J connectivity index is 2.37. The molecule has 0 saturated carbocycles. The topological polar surface area (TPSA) is 0 Å². The molecule has 1 aromatic carbocycles. The van der Waals surface area contributed by atoms with E-state index in [-0.39, 0.29) is 21.2 Å². The van der Waals surface area contributed by atoms with Gasteiger partial charge in [0, 0.05) is 0 Å². The van der Waals surface area contributed by atoms with E-state index < -0.39 is 0 Å². The number of hydrogen-bond donors (Lipinski definition) is 0. The van der Waals surface area contributed by atoms with Crippen molar-refractivity contribution in [1.82, 2.24) is 0 Å². The zero-order valence-corrected chi connectivity index (χ0v) is 12.1. The molecule has 0 aliphatic carbocycles. The van der Waals surface area contributed by atoms with Gasteiger partial charge in [0.2, 0.25) is 0 Å². The third-order valence-electron chi connectivity index (χ3n) is 1.99. The van der Waals surface area contributed by atoms with E-state index in [4.69, 9.17) is 11.6 Å². The number of allylic oxidation sites excluding steroid dienone is 1. The molecule has 0 aromatic heterocycles. The van der Waals surface area contributed by atoms with Crippen LogP contribution in [0.2, 0.25) is 0 Å². The number of rotatable bonds is 5. The molecule has 0 aliphatic rings. The highest BCUT2D eigenvalue weighted by Gasteiger charge is 2.08. The van der Waals surface area contributed by atoms with E-state index in [2.05, 4.69) is 48.3 Å². The van der Waals surface area contributed by atoms with Crippen LogP contribution in [0.3, 0.4) is 0 Å². The average molecular weight is 336 g/mol. The molecule has 2 heteroatoms. The van der Waals surface area contributed by atoms with Gasteiger partial charge in [-0.3, -0.25) is 0 Å². The van der Waals surface area contributed by atoms with E-state index in [0.717, 1.165) is 17.4 Å². The molecule has 15 heavy (non-hydrogen) atoms. The van der Waals surface area contributed by atoms with Crippen LogP contribution in [-0.4, -0.2) is 0 Å². The standard InChI is InChI=1S/C13H17ClI/c1-11(2)8-9-12(14)10-15-13-6-4-3-5-7-13/h3-7,10-11H,8-9H2,1-2H3/q+1/b12-10-. The molecule has 0 fully saturated rings. The molecule has 0 bridgehead atoms. The fourth-order valence-corrected chi connectivity index (χ4v) is 3.32. The van der Waals surface area contributed by atoms with Crippen molar-refractivity contribution in [3.63, 3.8) is 0 Å². The molecule has 0 N–H and O–H groups in total. The Morgan fingerprint density at radius 2 is 2.00 bits per heavy atom. The molecule has 0 atom stereocenters. The highest BCUT2D eigenvalue weighted by atomic mass is 127. The van der Waals surface area contributed by atoms with Crippen LogP contribution in [0.25, 0.3) is 0 Å². The van der Waals surface area contributed by atoms with Gasteiger partial charge in [0.25, 0.3) is 0 Å². The van der Waals surface area contributed by atoms with Crippen LogP contribution in [-0.2, 0) is 0 Å². The molecule has 0 aliphatic heterocycles. The molecule has 1 aromatic rings. The Hall–Kier alpha value is -0.0200. The fraction of sp³-hybridized carbons (Fsp3) is 0.385. The van der Waals surface area contributed by atoms with E-state index in [1.807, 2.05) is 0 Å². The van der Waals surface area contributed by atoms with Crippen molar-refractivity contribution in [2.24, 2.45) is 5.92 Å². The van der Waals surface area contributed by atoms with Gasteiger partial charge in [-0.25, -0.2) is 0 Å². The Morgan fingerprint density at radius 3 is 2.60 bits per heavy atom. The fourth-order valence-electron chi connectivity index (χ4n) is 1.09. The highest BCUT2D eigenvalue weighted by Crippen LogP contribution is 2.12. The third kappa shape index (κ3) is 6.21. The lowest BCUT2D eigenvalue weighted by Gasteiger charge is -2.00. The van der Waals surface area contributed by atoms with Gasteiger partial charge in [-0.15, -0.1) is 0 Å². The SMILES string of the molecule is CC(C)CC/C(Cl)=C/[I+]c1ccccc1. The van der Waals surface area contributed by atoms with Crippen LogP contribution in [0.1, 0.15) is 26.7 Å². The van der Waals surface area contributed by atoms with Crippen LogP contribution >= 0.6 is 11.6 Å². The Kier molecular flexibility index (Phi) is 6.34. The quantitative estimate of drug-likeness (QED) is 0.715. The van der Waals surface area contributed by atoms with Crippen molar-refractivity contribution in [3.8, 4) is 0 Å². The molecule has 0 unspecified atom stereocenters. The van der Waals surface area contributed by atoms with Crippen LogP contribution < -0.4 is 21.2 Å². The van der Waals surface area contributed by atoms with Crippen molar-refractivity contribution >= 4 is 11.6 Å². The molecule has 0 radical (unpaired) electrons. The summed E-state index contributed by atoms with van der Waals surface area (Å²) in [5.41, 5.74) is 0. The molecule has 82 valence electrons. The van der Waals surface area contributed by atoms with E-state index in [0.29, 0.717) is 0 Å². The van der Waals surface area contributed by atoms with E-state index in [9.17, 15) is 0 Å². The largest absolute Gasteiger partial charge is 0.350 e. The second-order valence-corrected chi connectivity index (χ2v) is 6.87. The highest BCUT2D eigenvalue weighted by molar-refractivity contribution is 6.29. The second kappa shape index (κ2) is 7.29. The first kappa shape index (κ1) is 13.0. The first-order valence-electron chi connectivity index (χ1n) is 5.21. The molecule has 1 rings (SSSR count). The summed E-state index contributed by atoms with van der Waals surface area (Å²) in [5.74, 6) is 0.738. The van der Waals surface area contributed by atoms with Gasteiger partial charge in [-0.1, -0.05) is 43.6 Å². The lowest BCUT2D eigenvalue weighted by Crippen LogP contribution is -3.59. The Bertz CT molecular complexity index is 304. The maximum absolute atomic E-state index is 6.16. The summed E-state index contributed by atoms with van der Waals surface area (Å²) >= 11 is 6.12. The van der Waals surface area contributed by atoms with Gasteiger partial charge in [-0.2, -0.15) is 0 Å². The summed E-state index contributed by atoms with van der Waals surface area (Å²) in [6, 6.07) is 10.6. The van der Waals surface area contributed by atoms with Gasteiger partial charge < -0.3 is 0 Å². The predicted molar refractivity (Wildman–Crippen MR) is 63.1 cm³/mol. The van der Waals surface area contributed by atoms with Crippen molar-refractivity contribution in [1.29, 1.82) is 0 Å². The van der Waals surface area contributed by atoms with Gasteiger partial charge >= 0.3 is 21.2 Å². The van der Waals surface area contributed by atoms with Gasteiger partial charge in [0.05, 0.1) is 5.03 Å². The molecular weight excluding hydrogens is 319 g/mol. The predicted octanol–water partition coefficient (Wildman–Crippen LogP) is 1.46. The number of hydrogen-bond acceptors (Lipinski definition) is 0. The van der Waals surface area contributed by atoms with Crippen LogP contribution in [0, 0.1) is 9.49 Å². The zero-order chi connectivity index (χ0) is 11.1. The van der Waals surface area contributed by atoms with E-state index in [1.54, 1.807) is 0 Å². The normalized spacial score (nSPS) is 12.1.